The average molecular weight is 346 g/mol. The molecule has 4 nitrogen and oxygen atoms in total. The Kier molecular flexibility index (Phi) is 5.44. The number of ketones is 2. The van der Waals surface area contributed by atoms with E-state index in [0.29, 0.717) is 28.2 Å². The number of hydrogen-bond donors (Lipinski definition) is 0. The van der Waals surface area contributed by atoms with Crippen LogP contribution in [0.4, 0.5) is 0 Å². The van der Waals surface area contributed by atoms with Gasteiger partial charge in [0.2, 0.25) is 0 Å². The molecule has 0 aliphatic rings. The highest BCUT2D eigenvalue weighted by Crippen LogP contribution is 2.27. The second kappa shape index (κ2) is 8.12. The van der Waals surface area contributed by atoms with Gasteiger partial charge in [0.05, 0.1) is 12.7 Å². The number of hydrogen-bond acceptors (Lipinski definition) is 4. The fourth-order valence-corrected chi connectivity index (χ4v) is 2.53. The maximum absolute atomic E-state index is 12.8. The smallest absolute Gasteiger partial charge is 0.200 e. The Morgan fingerprint density at radius 2 is 1.42 bits per heavy atom. The zero-order chi connectivity index (χ0) is 18.4. The minimum atomic E-state index is -0.171. The first kappa shape index (κ1) is 17.4. The van der Waals surface area contributed by atoms with E-state index in [4.69, 9.17) is 9.47 Å². The van der Waals surface area contributed by atoms with E-state index in [1.54, 1.807) is 66.7 Å². The number of carbonyl (C=O) groups is 2. The molecule has 0 aliphatic heterocycles. The van der Waals surface area contributed by atoms with Crippen LogP contribution >= 0.6 is 0 Å². The van der Waals surface area contributed by atoms with Crippen LogP contribution in [0.25, 0.3) is 0 Å². The normalized spacial score (nSPS) is 10.2. The van der Waals surface area contributed by atoms with Gasteiger partial charge >= 0.3 is 0 Å². The predicted octanol–water partition coefficient (Wildman–Crippen LogP) is 4.19. The number of ether oxygens (including phenoxy) is 2. The molecule has 0 fully saturated rings. The second-order valence-electron chi connectivity index (χ2n) is 5.64. The fraction of sp³-hybridized carbons (Fsp3) is 0.0909. The first-order chi connectivity index (χ1) is 12.7. The van der Waals surface area contributed by atoms with E-state index in [1.807, 2.05) is 12.1 Å². The molecular weight excluding hydrogens is 328 g/mol. The van der Waals surface area contributed by atoms with Gasteiger partial charge in [0.1, 0.15) is 11.5 Å². The van der Waals surface area contributed by atoms with Crippen molar-refractivity contribution < 1.29 is 19.1 Å². The molecule has 0 saturated heterocycles. The molecule has 3 rings (SSSR count). The summed E-state index contributed by atoms with van der Waals surface area (Å²) in [5.74, 6) is 0.543. The van der Waals surface area contributed by atoms with Crippen molar-refractivity contribution in [2.24, 2.45) is 0 Å². The Balaban J connectivity index is 1.85. The molecule has 0 saturated carbocycles. The van der Waals surface area contributed by atoms with Crippen molar-refractivity contribution >= 4 is 11.6 Å². The Morgan fingerprint density at radius 1 is 0.808 bits per heavy atom. The van der Waals surface area contributed by atoms with Gasteiger partial charge in [-0.25, -0.2) is 0 Å². The molecule has 0 bridgehead atoms. The maximum Gasteiger partial charge on any atom is 0.200 e. The number of carbonyl (C=O) groups excluding carboxylic acids is 2. The van der Waals surface area contributed by atoms with Crippen LogP contribution in [0.3, 0.4) is 0 Å². The van der Waals surface area contributed by atoms with Crippen LogP contribution in [0.5, 0.6) is 11.5 Å². The van der Waals surface area contributed by atoms with Crippen molar-refractivity contribution in [1.82, 2.24) is 0 Å². The topological polar surface area (TPSA) is 52.6 Å². The van der Waals surface area contributed by atoms with Crippen molar-refractivity contribution in [3.05, 3.63) is 95.6 Å². The SMILES string of the molecule is COc1ccc(C(=O)c2ccccc2)c(OCC(=O)c2ccccc2)c1. The monoisotopic (exact) mass is 346 g/mol. The predicted molar refractivity (Wildman–Crippen MR) is 99.1 cm³/mol. The lowest BCUT2D eigenvalue weighted by atomic mass is 10.0. The van der Waals surface area contributed by atoms with Crippen LogP contribution in [0, 0.1) is 0 Å². The quantitative estimate of drug-likeness (QED) is 0.602. The fourth-order valence-electron chi connectivity index (χ4n) is 2.53. The van der Waals surface area contributed by atoms with Gasteiger partial charge in [0, 0.05) is 17.2 Å². The molecule has 26 heavy (non-hydrogen) atoms. The highest BCUT2D eigenvalue weighted by Gasteiger charge is 2.17. The first-order valence-corrected chi connectivity index (χ1v) is 8.18. The van der Waals surface area contributed by atoms with Crippen LogP contribution in [0.2, 0.25) is 0 Å². The molecule has 0 N–H and O–H groups in total. The zero-order valence-corrected chi connectivity index (χ0v) is 14.3. The highest BCUT2D eigenvalue weighted by atomic mass is 16.5. The molecule has 0 amide bonds. The van der Waals surface area contributed by atoms with Gasteiger partial charge in [-0.3, -0.25) is 9.59 Å². The maximum atomic E-state index is 12.8. The lowest BCUT2D eigenvalue weighted by Crippen LogP contribution is -2.14. The van der Waals surface area contributed by atoms with E-state index in [0.717, 1.165) is 0 Å². The van der Waals surface area contributed by atoms with Crippen LogP contribution in [0.1, 0.15) is 26.3 Å². The molecule has 3 aromatic carbocycles. The van der Waals surface area contributed by atoms with Crippen LogP contribution < -0.4 is 9.47 Å². The van der Waals surface area contributed by atoms with E-state index in [1.165, 1.54) is 7.11 Å². The van der Waals surface area contributed by atoms with Gasteiger partial charge < -0.3 is 9.47 Å². The third-order valence-corrected chi connectivity index (χ3v) is 3.92. The minimum Gasteiger partial charge on any atom is -0.497 e. The van der Waals surface area contributed by atoms with Gasteiger partial charge in [0.15, 0.2) is 18.2 Å². The van der Waals surface area contributed by atoms with Crippen molar-refractivity contribution in [1.29, 1.82) is 0 Å². The van der Waals surface area contributed by atoms with Gasteiger partial charge in [-0.05, 0) is 12.1 Å². The summed E-state index contributed by atoms with van der Waals surface area (Å²) in [6.45, 7) is -0.160. The summed E-state index contributed by atoms with van der Waals surface area (Å²) in [4.78, 5) is 25.1. The van der Waals surface area contributed by atoms with Gasteiger partial charge in [0.25, 0.3) is 0 Å². The lowest BCUT2D eigenvalue weighted by molar-refractivity contribution is 0.0915. The summed E-state index contributed by atoms with van der Waals surface area (Å²) in [6.07, 6.45) is 0. The van der Waals surface area contributed by atoms with Crippen LogP contribution in [-0.2, 0) is 0 Å². The molecule has 0 heterocycles. The third-order valence-electron chi connectivity index (χ3n) is 3.92. The van der Waals surface area contributed by atoms with E-state index in [2.05, 4.69) is 0 Å². The minimum absolute atomic E-state index is 0.160. The van der Waals surface area contributed by atoms with E-state index in [-0.39, 0.29) is 18.2 Å². The molecule has 0 aliphatic carbocycles. The van der Waals surface area contributed by atoms with Crippen molar-refractivity contribution in [2.75, 3.05) is 13.7 Å². The summed E-state index contributed by atoms with van der Waals surface area (Å²) >= 11 is 0. The van der Waals surface area contributed by atoms with Crippen LogP contribution in [0.15, 0.2) is 78.9 Å². The lowest BCUT2D eigenvalue weighted by Gasteiger charge is -2.12. The number of methoxy groups -OCH3 is 1. The van der Waals surface area contributed by atoms with Gasteiger partial charge in [-0.1, -0.05) is 60.7 Å². The molecule has 0 radical (unpaired) electrons. The Morgan fingerprint density at radius 3 is 2.04 bits per heavy atom. The Bertz CT molecular complexity index is 902. The zero-order valence-electron chi connectivity index (χ0n) is 14.3. The molecule has 0 atom stereocenters. The Hall–Kier alpha value is -3.40. The van der Waals surface area contributed by atoms with E-state index < -0.39 is 0 Å². The number of benzene rings is 3. The van der Waals surface area contributed by atoms with Crippen molar-refractivity contribution in [3.63, 3.8) is 0 Å². The van der Waals surface area contributed by atoms with Gasteiger partial charge in [-0.2, -0.15) is 0 Å². The highest BCUT2D eigenvalue weighted by molar-refractivity contribution is 6.10. The molecule has 130 valence electrons. The summed E-state index contributed by atoms with van der Waals surface area (Å²) in [6, 6.07) is 22.8. The summed E-state index contributed by atoms with van der Waals surface area (Å²) in [7, 11) is 1.53. The van der Waals surface area contributed by atoms with E-state index in [9.17, 15) is 9.59 Å². The first-order valence-electron chi connectivity index (χ1n) is 8.18. The molecular formula is C22H18O4. The van der Waals surface area contributed by atoms with Crippen LogP contribution in [-0.4, -0.2) is 25.3 Å². The standard InChI is InChI=1S/C22H18O4/c1-25-18-12-13-19(22(24)17-10-6-3-7-11-17)21(14-18)26-15-20(23)16-8-4-2-5-9-16/h2-14H,15H2,1H3. The third kappa shape index (κ3) is 3.98. The van der Waals surface area contributed by atoms with Gasteiger partial charge in [-0.15, -0.1) is 0 Å². The summed E-state index contributed by atoms with van der Waals surface area (Å²) < 4.78 is 10.9. The summed E-state index contributed by atoms with van der Waals surface area (Å²) in [5.41, 5.74) is 1.50. The number of Topliss-reactive ketones (excluding diaryl/α,β-unsaturated/α-hetero) is 1. The number of rotatable bonds is 7. The van der Waals surface area contributed by atoms with Crippen molar-refractivity contribution in [2.45, 2.75) is 0 Å². The Labute approximate surface area is 152 Å². The molecule has 0 unspecified atom stereocenters. The molecule has 4 heteroatoms. The second-order valence-corrected chi connectivity index (χ2v) is 5.64. The molecule has 0 spiro atoms. The summed E-state index contributed by atoms with van der Waals surface area (Å²) in [5, 5.41) is 0. The van der Waals surface area contributed by atoms with E-state index >= 15 is 0 Å². The largest absolute Gasteiger partial charge is 0.497 e. The molecule has 0 aromatic heterocycles. The average Bonchev–Trinajstić information content (AvgIpc) is 2.72. The van der Waals surface area contributed by atoms with Crippen molar-refractivity contribution in [3.8, 4) is 11.5 Å². The molecule has 3 aromatic rings.